The fraction of sp³-hybridized carbons (Fsp3) is 0.0909. The van der Waals surface area contributed by atoms with Gasteiger partial charge in [-0.1, -0.05) is 0 Å². The molecule has 0 saturated carbocycles. The Labute approximate surface area is 102 Å². The van der Waals surface area contributed by atoms with Crippen LogP contribution in [0.5, 0.6) is 5.88 Å². The monoisotopic (exact) mass is 242 g/mol. The number of aromatic nitrogens is 5. The SMILES string of the molecule is COc1ccc2[nH]c(-c3nccnc3N)nc2n1. The summed E-state index contributed by atoms with van der Waals surface area (Å²) in [6, 6.07) is 3.59. The summed E-state index contributed by atoms with van der Waals surface area (Å²) >= 11 is 0. The molecule has 0 spiro atoms. The molecule has 0 bridgehead atoms. The molecule has 18 heavy (non-hydrogen) atoms. The standard InChI is InChI=1S/C11H10N6O/c1-18-7-3-2-6-10(16-7)17-11(15-6)8-9(12)14-5-4-13-8/h2-5H,1H3,(H2,12,14)(H,15,16,17). The van der Waals surface area contributed by atoms with E-state index in [0.717, 1.165) is 5.52 Å². The van der Waals surface area contributed by atoms with E-state index < -0.39 is 0 Å². The zero-order valence-electron chi connectivity index (χ0n) is 9.58. The van der Waals surface area contributed by atoms with Crippen molar-refractivity contribution in [1.29, 1.82) is 0 Å². The summed E-state index contributed by atoms with van der Waals surface area (Å²) in [5.41, 5.74) is 7.60. The molecule has 0 aliphatic carbocycles. The van der Waals surface area contributed by atoms with Gasteiger partial charge in [-0.3, -0.25) is 0 Å². The van der Waals surface area contributed by atoms with Gasteiger partial charge in [0, 0.05) is 18.5 Å². The van der Waals surface area contributed by atoms with Gasteiger partial charge < -0.3 is 15.5 Å². The van der Waals surface area contributed by atoms with Crippen molar-refractivity contribution >= 4 is 17.0 Å². The molecule has 90 valence electrons. The Kier molecular flexibility index (Phi) is 2.30. The van der Waals surface area contributed by atoms with Crippen molar-refractivity contribution in [3.8, 4) is 17.4 Å². The van der Waals surface area contributed by atoms with Crippen LogP contribution in [0.2, 0.25) is 0 Å². The molecule has 7 heteroatoms. The number of nitrogens with zero attached hydrogens (tertiary/aromatic N) is 4. The van der Waals surface area contributed by atoms with Gasteiger partial charge in [0.2, 0.25) is 5.88 Å². The molecule has 0 fully saturated rings. The van der Waals surface area contributed by atoms with E-state index in [4.69, 9.17) is 10.5 Å². The van der Waals surface area contributed by atoms with E-state index >= 15 is 0 Å². The maximum Gasteiger partial charge on any atom is 0.215 e. The summed E-state index contributed by atoms with van der Waals surface area (Å²) < 4.78 is 5.04. The van der Waals surface area contributed by atoms with Crippen LogP contribution in [0.4, 0.5) is 5.82 Å². The Hall–Kier alpha value is -2.70. The Balaban J connectivity index is 2.17. The lowest BCUT2D eigenvalue weighted by Gasteiger charge is -1.97. The van der Waals surface area contributed by atoms with Crippen LogP contribution in [0, 0.1) is 0 Å². The van der Waals surface area contributed by atoms with Gasteiger partial charge in [-0.05, 0) is 6.07 Å². The van der Waals surface area contributed by atoms with Gasteiger partial charge >= 0.3 is 0 Å². The number of nitrogen functional groups attached to an aromatic ring is 1. The van der Waals surface area contributed by atoms with Crippen molar-refractivity contribution in [1.82, 2.24) is 24.9 Å². The molecule has 7 nitrogen and oxygen atoms in total. The summed E-state index contributed by atoms with van der Waals surface area (Å²) in [6.45, 7) is 0. The number of methoxy groups -OCH3 is 1. The number of hydrogen-bond acceptors (Lipinski definition) is 6. The molecule has 0 aliphatic rings. The third-order valence-electron chi connectivity index (χ3n) is 2.48. The number of nitrogens with two attached hydrogens (primary N) is 1. The van der Waals surface area contributed by atoms with E-state index in [1.165, 1.54) is 6.20 Å². The van der Waals surface area contributed by atoms with Gasteiger partial charge in [0.25, 0.3) is 0 Å². The molecule has 0 amide bonds. The minimum atomic E-state index is 0.323. The van der Waals surface area contributed by atoms with Gasteiger partial charge in [-0.15, -0.1) is 0 Å². The third kappa shape index (κ3) is 1.61. The topological polar surface area (TPSA) is 103 Å². The maximum atomic E-state index is 5.75. The summed E-state index contributed by atoms with van der Waals surface area (Å²) in [5, 5.41) is 0. The molecule has 3 N–H and O–H groups in total. The summed E-state index contributed by atoms with van der Waals surface area (Å²) in [7, 11) is 1.56. The minimum absolute atomic E-state index is 0.323. The molecule has 0 aromatic carbocycles. The first-order chi connectivity index (χ1) is 8.78. The first-order valence-corrected chi connectivity index (χ1v) is 5.25. The molecule has 3 rings (SSSR count). The van der Waals surface area contributed by atoms with Gasteiger partial charge in [-0.25, -0.2) is 15.0 Å². The van der Waals surface area contributed by atoms with Crippen molar-refractivity contribution in [3.63, 3.8) is 0 Å². The highest BCUT2D eigenvalue weighted by molar-refractivity contribution is 5.77. The van der Waals surface area contributed by atoms with Crippen LogP contribution >= 0.6 is 0 Å². The lowest BCUT2D eigenvalue weighted by atomic mass is 10.4. The molecular formula is C11H10N6O. The summed E-state index contributed by atoms with van der Waals surface area (Å²) in [5.74, 6) is 1.37. The summed E-state index contributed by atoms with van der Waals surface area (Å²) in [4.78, 5) is 19.7. The normalized spacial score (nSPS) is 10.7. The molecule has 0 unspecified atom stereocenters. The second kappa shape index (κ2) is 3.95. The highest BCUT2D eigenvalue weighted by Crippen LogP contribution is 2.22. The number of pyridine rings is 1. The molecule has 0 radical (unpaired) electrons. The van der Waals surface area contributed by atoms with E-state index in [0.29, 0.717) is 28.9 Å². The largest absolute Gasteiger partial charge is 0.481 e. The van der Waals surface area contributed by atoms with Crippen molar-refractivity contribution in [2.45, 2.75) is 0 Å². The fourth-order valence-corrected chi connectivity index (χ4v) is 1.63. The third-order valence-corrected chi connectivity index (χ3v) is 2.48. The van der Waals surface area contributed by atoms with Gasteiger partial charge in [0.05, 0.1) is 12.6 Å². The van der Waals surface area contributed by atoms with Gasteiger partial charge in [0.1, 0.15) is 5.69 Å². The van der Waals surface area contributed by atoms with E-state index in [9.17, 15) is 0 Å². The van der Waals surface area contributed by atoms with E-state index in [-0.39, 0.29) is 0 Å². The lowest BCUT2D eigenvalue weighted by molar-refractivity contribution is 0.399. The van der Waals surface area contributed by atoms with Crippen molar-refractivity contribution in [3.05, 3.63) is 24.5 Å². The molecule has 0 atom stereocenters. The molecule has 0 aliphatic heterocycles. The highest BCUT2D eigenvalue weighted by Gasteiger charge is 2.11. The quantitative estimate of drug-likeness (QED) is 0.695. The fourth-order valence-electron chi connectivity index (χ4n) is 1.63. The number of rotatable bonds is 2. The lowest BCUT2D eigenvalue weighted by Crippen LogP contribution is -1.96. The molecular weight excluding hydrogens is 232 g/mol. The Bertz CT molecular complexity index is 708. The number of anilines is 1. The van der Waals surface area contributed by atoms with Crippen LogP contribution in [-0.4, -0.2) is 32.0 Å². The molecule has 0 saturated heterocycles. The predicted molar refractivity (Wildman–Crippen MR) is 65.9 cm³/mol. The van der Waals surface area contributed by atoms with Crippen molar-refractivity contribution in [2.75, 3.05) is 12.8 Å². The number of hydrogen-bond donors (Lipinski definition) is 2. The first kappa shape index (κ1) is 10.5. The van der Waals surface area contributed by atoms with Gasteiger partial charge in [-0.2, -0.15) is 4.98 Å². The van der Waals surface area contributed by atoms with E-state index in [1.54, 1.807) is 19.4 Å². The Morgan fingerprint density at radius 3 is 2.78 bits per heavy atom. The van der Waals surface area contributed by atoms with Crippen LogP contribution in [0.25, 0.3) is 22.7 Å². The van der Waals surface area contributed by atoms with Crippen molar-refractivity contribution in [2.24, 2.45) is 0 Å². The minimum Gasteiger partial charge on any atom is -0.481 e. The van der Waals surface area contributed by atoms with Crippen molar-refractivity contribution < 1.29 is 4.74 Å². The number of aromatic amines is 1. The summed E-state index contributed by atoms with van der Waals surface area (Å²) in [6.07, 6.45) is 3.09. The number of fused-ring (bicyclic) bond motifs is 1. The number of imidazole rings is 1. The first-order valence-electron chi connectivity index (χ1n) is 5.25. The number of nitrogens with one attached hydrogen (secondary N) is 1. The van der Waals surface area contributed by atoms with Crippen LogP contribution < -0.4 is 10.5 Å². The predicted octanol–water partition coefficient (Wildman–Crippen LogP) is 1.01. The van der Waals surface area contributed by atoms with Crippen LogP contribution in [0.1, 0.15) is 0 Å². The average molecular weight is 242 g/mol. The Morgan fingerprint density at radius 2 is 2.00 bits per heavy atom. The smallest absolute Gasteiger partial charge is 0.215 e. The second-order valence-electron chi connectivity index (χ2n) is 3.60. The van der Waals surface area contributed by atoms with E-state index in [1.807, 2.05) is 6.07 Å². The van der Waals surface area contributed by atoms with Crippen LogP contribution in [0.15, 0.2) is 24.5 Å². The van der Waals surface area contributed by atoms with Gasteiger partial charge in [0.15, 0.2) is 17.3 Å². The number of ether oxygens (including phenoxy) is 1. The maximum absolute atomic E-state index is 5.75. The average Bonchev–Trinajstić information content (AvgIpc) is 2.81. The zero-order valence-corrected chi connectivity index (χ0v) is 9.58. The Morgan fingerprint density at radius 1 is 1.17 bits per heavy atom. The van der Waals surface area contributed by atoms with Crippen LogP contribution in [0.3, 0.4) is 0 Å². The molecule has 3 aromatic rings. The molecule has 3 heterocycles. The van der Waals surface area contributed by atoms with Crippen LogP contribution in [-0.2, 0) is 0 Å². The highest BCUT2D eigenvalue weighted by atomic mass is 16.5. The zero-order chi connectivity index (χ0) is 12.5. The molecule has 3 aromatic heterocycles. The van der Waals surface area contributed by atoms with E-state index in [2.05, 4.69) is 24.9 Å². The second-order valence-corrected chi connectivity index (χ2v) is 3.60. The number of H-pyrrole nitrogens is 1.